The van der Waals surface area contributed by atoms with Crippen molar-refractivity contribution in [2.45, 2.75) is 13.0 Å². The molecule has 1 rings (SSSR count). The number of rotatable bonds is 3. The Kier molecular flexibility index (Phi) is 8.62. The molecule has 0 radical (unpaired) electrons. The molecule has 0 fully saturated rings. The zero-order chi connectivity index (χ0) is 7.40. The molecule has 5 nitrogen and oxygen atoms in total. The van der Waals surface area contributed by atoms with Crippen LogP contribution < -0.4 is 11.5 Å². The third-order valence-corrected chi connectivity index (χ3v) is 1.05. The van der Waals surface area contributed by atoms with Crippen LogP contribution in [-0.4, -0.2) is 16.7 Å². The first kappa shape index (κ1) is 14.2. The normalized spacial score (nSPS) is 8.50. The van der Waals surface area contributed by atoms with Gasteiger partial charge in [0, 0.05) is 13.0 Å². The van der Waals surface area contributed by atoms with Crippen LogP contribution in [0, 0.1) is 0 Å². The van der Waals surface area contributed by atoms with Crippen molar-refractivity contribution in [3.63, 3.8) is 0 Å². The zero-order valence-corrected chi connectivity index (χ0v) is 8.03. The summed E-state index contributed by atoms with van der Waals surface area (Å²) in [5.74, 6) is 1.09. The quantitative estimate of drug-likeness (QED) is 0.732. The standard InChI is InChI=1S/C5H10N4O.2ClH/c6-2-1-5-8-4(3-7)9-10-5;;/h1-3,6-7H2;2*1H. The van der Waals surface area contributed by atoms with Crippen molar-refractivity contribution >= 4 is 24.8 Å². The van der Waals surface area contributed by atoms with Crippen LogP contribution in [0.3, 0.4) is 0 Å². The molecule has 4 N–H and O–H groups in total. The Balaban J connectivity index is 0. The average molecular weight is 215 g/mol. The van der Waals surface area contributed by atoms with Crippen LogP contribution >= 0.6 is 24.8 Å². The molecule has 72 valence electrons. The van der Waals surface area contributed by atoms with E-state index in [4.69, 9.17) is 16.0 Å². The monoisotopic (exact) mass is 214 g/mol. The minimum absolute atomic E-state index is 0. The molecule has 1 aromatic rings. The minimum Gasteiger partial charge on any atom is -0.339 e. The van der Waals surface area contributed by atoms with Crippen LogP contribution in [0.4, 0.5) is 0 Å². The molecule has 12 heavy (non-hydrogen) atoms. The summed E-state index contributed by atoms with van der Waals surface area (Å²) in [5, 5.41) is 3.59. The first-order chi connectivity index (χ1) is 4.86. The van der Waals surface area contributed by atoms with Crippen LogP contribution in [0.5, 0.6) is 0 Å². The number of aromatic nitrogens is 2. The van der Waals surface area contributed by atoms with Gasteiger partial charge in [-0.15, -0.1) is 24.8 Å². The predicted molar refractivity (Wildman–Crippen MR) is 49.4 cm³/mol. The lowest BCUT2D eigenvalue weighted by atomic mass is 10.4. The summed E-state index contributed by atoms with van der Waals surface area (Å²) in [7, 11) is 0. The molecular weight excluding hydrogens is 203 g/mol. The molecule has 0 amide bonds. The Bertz CT molecular complexity index is 205. The van der Waals surface area contributed by atoms with Crippen molar-refractivity contribution in [3.8, 4) is 0 Å². The molecule has 0 unspecified atom stereocenters. The van der Waals surface area contributed by atoms with E-state index in [9.17, 15) is 0 Å². The van der Waals surface area contributed by atoms with Gasteiger partial charge in [-0.3, -0.25) is 0 Å². The van der Waals surface area contributed by atoms with Crippen molar-refractivity contribution in [1.82, 2.24) is 10.1 Å². The molecule has 0 aliphatic rings. The van der Waals surface area contributed by atoms with Crippen molar-refractivity contribution < 1.29 is 4.52 Å². The van der Waals surface area contributed by atoms with Gasteiger partial charge in [-0.2, -0.15) is 4.98 Å². The number of hydrogen-bond donors (Lipinski definition) is 2. The maximum atomic E-state index is 5.25. The second kappa shape index (κ2) is 7.30. The average Bonchev–Trinajstić information content (AvgIpc) is 2.37. The third kappa shape index (κ3) is 3.87. The SMILES string of the molecule is Cl.Cl.NCCc1nc(CN)no1. The highest BCUT2D eigenvalue weighted by Crippen LogP contribution is 1.95. The maximum absolute atomic E-state index is 5.25. The Morgan fingerprint density at radius 3 is 2.33 bits per heavy atom. The maximum Gasteiger partial charge on any atom is 0.227 e. The van der Waals surface area contributed by atoms with Gasteiger partial charge in [0.05, 0.1) is 6.54 Å². The van der Waals surface area contributed by atoms with E-state index in [0.29, 0.717) is 31.2 Å². The Labute approximate surface area is 82.7 Å². The van der Waals surface area contributed by atoms with E-state index in [1.54, 1.807) is 0 Å². The van der Waals surface area contributed by atoms with Crippen molar-refractivity contribution in [2.24, 2.45) is 11.5 Å². The number of halogens is 2. The second-order valence-electron chi connectivity index (χ2n) is 1.85. The molecule has 1 aromatic heterocycles. The van der Waals surface area contributed by atoms with E-state index < -0.39 is 0 Å². The van der Waals surface area contributed by atoms with Crippen LogP contribution in [0.1, 0.15) is 11.7 Å². The van der Waals surface area contributed by atoms with E-state index in [0.717, 1.165) is 0 Å². The molecular formula is C5H12Cl2N4O. The molecule has 0 atom stereocenters. The number of hydrogen-bond acceptors (Lipinski definition) is 5. The molecule has 0 bridgehead atoms. The summed E-state index contributed by atoms with van der Waals surface area (Å²) in [6, 6.07) is 0. The van der Waals surface area contributed by atoms with Crippen molar-refractivity contribution in [2.75, 3.05) is 6.54 Å². The summed E-state index contributed by atoms with van der Waals surface area (Å²) >= 11 is 0. The first-order valence-corrected chi connectivity index (χ1v) is 3.08. The summed E-state index contributed by atoms with van der Waals surface area (Å²) in [5.41, 5.74) is 10.5. The van der Waals surface area contributed by atoms with Crippen molar-refractivity contribution in [1.29, 1.82) is 0 Å². The lowest BCUT2D eigenvalue weighted by Crippen LogP contribution is -2.03. The smallest absolute Gasteiger partial charge is 0.227 e. The summed E-state index contributed by atoms with van der Waals surface area (Å²) in [4.78, 5) is 3.94. The Morgan fingerprint density at radius 2 is 1.92 bits per heavy atom. The Hall–Kier alpha value is -0.360. The van der Waals surface area contributed by atoms with Gasteiger partial charge in [0.1, 0.15) is 0 Å². The van der Waals surface area contributed by atoms with Gasteiger partial charge in [-0.05, 0) is 0 Å². The van der Waals surface area contributed by atoms with Gasteiger partial charge >= 0.3 is 0 Å². The minimum atomic E-state index is 0. The molecule has 0 saturated carbocycles. The van der Waals surface area contributed by atoms with E-state index in [-0.39, 0.29) is 24.8 Å². The molecule has 0 spiro atoms. The summed E-state index contributed by atoms with van der Waals surface area (Å²) < 4.78 is 4.77. The van der Waals surface area contributed by atoms with Gasteiger partial charge in [0.15, 0.2) is 5.82 Å². The summed E-state index contributed by atoms with van der Waals surface area (Å²) in [6.07, 6.45) is 0.618. The van der Waals surface area contributed by atoms with Gasteiger partial charge in [-0.1, -0.05) is 5.16 Å². The fraction of sp³-hybridized carbons (Fsp3) is 0.600. The summed E-state index contributed by atoms with van der Waals surface area (Å²) in [6.45, 7) is 0.834. The van der Waals surface area contributed by atoms with Crippen LogP contribution in [0.2, 0.25) is 0 Å². The van der Waals surface area contributed by atoms with E-state index in [2.05, 4.69) is 10.1 Å². The van der Waals surface area contributed by atoms with Gasteiger partial charge in [0.2, 0.25) is 5.89 Å². The van der Waals surface area contributed by atoms with E-state index in [1.807, 2.05) is 0 Å². The molecule has 0 aromatic carbocycles. The molecule has 7 heteroatoms. The van der Waals surface area contributed by atoms with Crippen LogP contribution in [-0.2, 0) is 13.0 Å². The van der Waals surface area contributed by atoms with Gasteiger partial charge in [0.25, 0.3) is 0 Å². The van der Waals surface area contributed by atoms with Crippen LogP contribution in [0.25, 0.3) is 0 Å². The largest absolute Gasteiger partial charge is 0.339 e. The third-order valence-electron chi connectivity index (χ3n) is 1.05. The first-order valence-electron chi connectivity index (χ1n) is 3.08. The lowest BCUT2D eigenvalue weighted by Gasteiger charge is -1.83. The fourth-order valence-electron chi connectivity index (χ4n) is 0.598. The Morgan fingerprint density at radius 1 is 1.25 bits per heavy atom. The highest BCUT2D eigenvalue weighted by molar-refractivity contribution is 5.85. The van der Waals surface area contributed by atoms with Crippen LogP contribution in [0.15, 0.2) is 4.52 Å². The number of nitrogens with two attached hydrogens (primary N) is 2. The van der Waals surface area contributed by atoms with Gasteiger partial charge in [-0.25, -0.2) is 0 Å². The molecule has 0 saturated heterocycles. The topological polar surface area (TPSA) is 91.0 Å². The van der Waals surface area contributed by atoms with Crippen molar-refractivity contribution in [3.05, 3.63) is 11.7 Å². The fourth-order valence-corrected chi connectivity index (χ4v) is 0.598. The van der Waals surface area contributed by atoms with E-state index in [1.165, 1.54) is 0 Å². The van der Waals surface area contributed by atoms with Gasteiger partial charge < -0.3 is 16.0 Å². The zero-order valence-electron chi connectivity index (χ0n) is 6.40. The predicted octanol–water partition coefficient (Wildman–Crippen LogP) is -0.127. The molecule has 1 heterocycles. The highest BCUT2D eigenvalue weighted by Gasteiger charge is 2.01. The lowest BCUT2D eigenvalue weighted by molar-refractivity contribution is 0.374. The number of nitrogens with zero attached hydrogens (tertiary/aromatic N) is 2. The molecule has 0 aliphatic heterocycles. The second-order valence-corrected chi connectivity index (χ2v) is 1.85. The van der Waals surface area contributed by atoms with E-state index >= 15 is 0 Å². The molecule has 0 aliphatic carbocycles. The highest BCUT2D eigenvalue weighted by atomic mass is 35.5.